The summed E-state index contributed by atoms with van der Waals surface area (Å²) in [5.74, 6) is -0.473. The van der Waals surface area contributed by atoms with Crippen molar-refractivity contribution in [2.75, 3.05) is 18.7 Å². The Morgan fingerprint density at radius 3 is 2.50 bits per heavy atom. The van der Waals surface area contributed by atoms with Crippen LogP contribution in [0.4, 0.5) is 10.1 Å². The summed E-state index contributed by atoms with van der Waals surface area (Å²) in [4.78, 5) is 0.0969. The number of sulfone groups is 1. The molecule has 0 saturated carbocycles. The van der Waals surface area contributed by atoms with Gasteiger partial charge in [0.1, 0.15) is 5.82 Å². The molecule has 0 fully saturated rings. The van der Waals surface area contributed by atoms with Gasteiger partial charge in [-0.05, 0) is 45.4 Å². The standard InChI is InChI=1S/C14H22FNO3S/c1-10(9-14(2,3)19-4)16-13-8-11(20(5,17)18)6-7-12(13)15/h6-8,10,16H,9H2,1-5H3. The smallest absolute Gasteiger partial charge is 0.175 e. The molecule has 1 aromatic rings. The Morgan fingerprint density at radius 2 is 2.00 bits per heavy atom. The van der Waals surface area contributed by atoms with Crippen LogP contribution in [0.25, 0.3) is 0 Å². The van der Waals surface area contributed by atoms with Crippen LogP contribution >= 0.6 is 0 Å². The van der Waals surface area contributed by atoms with E-state index >= 15 is 0 Å². The Bertz CT molecular complexity index is 570. The van der Waals surface area contributed by atoms with E-state index in [0.29, 0.717) is 6.42 Å². The van der Waals surface area contributed by atoms with Gasteiger partial charge in [0.2, 0.25) is 0 Å². The van der Waals surface area contributed by atoms with Gasteiger partial charge in [0, 0.05) is 19.4 Å². The average Bonchev–Trinajstić information content (AvgIpc) is 2.30. The Balaban J connectivity index is 2.92. The van der Waals surface area contributed by atoms with Crippen molar-refractivity contribution >= 4 is 15.5 Å². The van der Waals surface area contributed by atoms with Gasteiger partial charge in [-0.25, -0.2) is 12.8 Å². The fourth-order valence-electron chi connectivity index (χ4n) is 1.98. The number of anilines is 1. The Morgan fingerprint density at radius 1 is 1.40 bits per heavy atom. The highest BCUT2D eigenvalue weighted by molar-refractivity contribution is 7.90. The first-order chi connectivity index (χ1) is 9.05. The molecule has 1 unspecified atom stereocenters. The monoisotopic (exact) mass is 303 g/mol. The molecule has 6 heteroatoms. The lowest BCUT2D eigenvalue weighted by Gasteiger charge is -2.27. The summed E-state index contributed by atoms with van der Waals surface area (Å²) < 4.78 is 42.0. The van der Waals surface area contributed by atoms with Crippen molar-refractivity contribution in [2.45, 2.75) is 43.7 Å². The van der Waals surface area contributed by atoms with E-state index in [9.17, 15) is 12.8 Å². The van der Waals surface area contributed by atoms with Crippen LogP contribution in [0.3, 0.4) is 0 Å². The minimum Gasteiger partial charge on any atom is -0.380 e. The average molecular weight is 303 g/mol. The molecule has 0 radical (unpaired) electrons. The van der Waals surface area contributed by atoms with Crippen LogP contribution in [0, 0.1) is 5.82 Å². The number of ether oxygens (including phenoxy) is 1. The van der Waals surface area contributed by atoms with Gasteiger partial charge >= 0.3 is 0 Å². The maximum absolute atomic E-state index is 13.7. The van der Waals surface area contributed by atoms with E-state index in [4.69, 9.17) is 4.74 Å². The third-order valence-corrected chi connectivity index (χ3v) is 4.23. The number of benzene rings is 1. The fourth-order valence-corrected chi connectivity index (χ4v) is 2.63. The molecule has 4 nitrogen and oxygen atoms in total. The second-order valence-electron chi connectivity index (χ2n) is 5.63. The van der Waals surface area contributed by atoms with E-state index in [1.54, 1.807) is 7.11 Å². The summed E-state index contributed by atoms with van der Waals surface area (Å²) in [6.07, 6.45) is 1.76. The van der Waals surface area contributed by atoms with Gasteiger partial charge in [-0.3, -0.25) is 0 Å². The molecule has 0 aromatic heterocycles. The van der Waals surface area contributed by atoms with Crippen LogP contribution in [-0.4, -0.2) is 33.4 Å². The van der Waals surface area contributed by atoms with Crippen molar-refractivity contribution in [1.29, 1.82) is 0 Å². The highest BCUT2D eigenvalue weighted by Crippen LogP contribution is 2.23. The van der Waals surface area contributed by atoms with Crippen molar-refractivity contribution in [3.8, 4) is 0 Å². The second kappa shape index (κ2) is 6.10. The summed E-state index contributed by atoms with van der Waals surface area (Å²) in [5, 5.41) is 2.99. The molecular weight excluding hydrogens is 281 g/mol. The molecule has 0 heterocycles. The normalized spacial score (nSPS) is 14.1. The zero-order chi connectivity index (χ0) is 15.6. The van der Waals surface area contributed by atoms with Gasteiger partial charge in [0.15, 0.2) is 9.84 Å². The van der Waals surface area contributed by atoms with Crippen LogP contribution in [0.5, 0.6) is 0 Å². The van der Waals surface area contributed by atoms with E-state index in [0.717, 1.165) is 12.3 Å². The van der Waals surface area contributed by atoms with Crippen LogP contribution in [0.2, 0.25) is 0 Å². The molecule has 0 aliphatic carbocycles. The lowest BCUT2D eigenvalue weighted by atomic mass is 9.99. The largest absolute Gasteiger partial charge is 0.380 e. The number of nitrogens with one attached hydrogen (secondary N) is 1. The Hall–Kier alpha value is -1.14. The highest BCUT2D eigenvalue weighted by Gasteiger charge is 2.21. The number of hydrogen-bond acceptors (Lipinski definition) is 4. The molecule has 0 amide bonds. The van der Waals surface area contributed by atoms with Gasteiger partial charge in [-0.2, -0.15) is 0 Å². The molecule has 114 valence electrons. The molecular formula is C14H22FNO3S. The van der Waals surface area contributed by atoms with E-state index in [2.05, 4.69) is 5.32 Å². The summed E-state index contributed by atoms with van der Waals surface area (Å²) in [5.41, 5.74) is -0.149. The molecule has 1 atom stereocenters. The zero-order valence-electron chi connectivity index (χ0n) is 12.5. The first-order valence-corrected chi connectivity index (χ1v) is 8.25. The topological polar surface area (TPSA) is 55.4 Å². The molecule has 0 spiro atoms. The van der Waals surface area contributed by atoms with E-state index in [1.165, 1.54) is 12.1 Å². The van der Waals surface area contributed by atoms with Crippen LogP contribution < -0.4 is 5.32 Å². The van der Waals surface area contributed by atoms with Gasteiger partial charge < -0.3 is 10.1 Å². The van der Waals surface area contributed by atoms with Crippen LogP contribution in [0.1, 0.15) is 27.2 Å². The number of hydrogen-bond donors (Lipinski definition) is 1. The molecule has 0 saturated heterocycles. The summed E-state index contributed by atoms with van der Waals surface area (Å²) in [7, 11) is -1.73. The molecule has 0 aliphatic heterocycles. The minimum atomic E-state index is -3.35. The summed E-state index contributed by atoms with van der Waals surface area (Å²) in [6, 6.07) is 3.68. The van der Waals surface area contributed by atoms with Gasteiger partial charge in [0.25, 0.3) is 0 Å². The maximum atomic E-state index is 13.7. The Kier molecular flexibility index (Phi) is 5.15. The predicted octanol–water partition coefficient (Wildman–Crippen LogP) is 2.84. The molecule has 0 bridgehead atoms. The first kappa shape index (κ1) is 16.9. The first-order valence-electron chi connectivity index (χ1n) is 6.36. The molecule has 1 aromatic carbocycles. The third-order valence-electron chi connectivity index (χ3n) is 3.12. The van der Waals surface area contributed by atoms with Gasteiger partial charge in [-0.15, -0.1) is 0 Å². The SMILES string of the molecule is COC(C)(C)CC(C)Nc1cc(S(C)(=O)=O)ccc1F. The lowest BCUT2D eigenvalue weighted by molar-refractivity contribution is 0.0127. The van der Waals surface area contributed by atoms with Crippen molar-refractivity contribution in [3.05, 3.63) is 24.0 Å². The maximum Gasteiger partial charge on any atom is 0.175 e. The summed E-state index contributed by atoms with van der Waals surface area (Å²) in [6.45, 7) is 5.77. The lowest BCUT2D eigenvalue weighted by Crippen LogP contribution is -2.31. The van der Waals surface area contributed by atoms with Crippen LogP contribution in [-0.2, 0) is 14.6 Å². The fraction of sp³-hybridized carbons (Fsp3) is 0.571. The van der Waals surface area contributed by atoms with Crippen molar-refractivity contribution < 1.29 is 17.5 Å². The van der Waals surface area contributed by atoms with Crippen molar-refractivity contribution in [2.24, 2.45) is 0 Å². The third kappa shape index (κ3) is 4.76. The minimum absolute atomic E-state index is 0.0609. The zero-order valence-corrected chi connectivity index (χ0v) is 13.3. The molecule has 1 N–H and O–H groups in total. The second-order valence-corrected chi connectivity index (χ2v) is 7.64. The molecule has 1 rings (SSSR count). The van der Waals surface area contributed by atoms with E-state index in [-0.39, 0.29) is 22.2 Å². The van der Waals surface area contributed by atoms with Crippen molar-refractivity contribution in [3.63, 3.8) is 0 Å². The number of methoxy groups -OCH3 is 1. The number of halogens is 1. The van der Waals surface area contributed by atoms with Gasteiger partial charge in [-0.1, -0.05) is 0 Å². The Labute approximate surface area is 120 Å². The number of rotatable bonds is 6. The highest BCUT2D eigenvalue weighted by atomic mass is 32.2. The van der Waals surface area contributed by atoms with Gasteiger partial charge in [0.05, 0.1) is 16.2 Å². The quantitative estimate of drug-likeness (QED) is 0.821. The summed E-state index contributed by atoms with van der Waals surface area (Å²) >= 11 is 0. The van der Waals surface area contributed by atoms with Crippen molar-refractivity contribution in [1.82, 2.24) is 0 Å². The molecule has 0 aliphatic rings. The van der Waals surface area contributed by atoms with Crippen LogP contribution in [0.15, 0.2) is 23.1 Å². The van der Waals surface area contributed by atoms with E-state index < -0.39 is 15.7 Å². The predicted molar refractivity (Wildman–Crippen MR) is 78.3 cm³/mol. The van der Waals surface area contributed by atoms with E-state index in [1.807, 2.05) is 20.8 Å². The molecule has 20 heavy (non-hydrogen) atoms.